The maximum absolute atomic E-state index is 11.7. The molecule has 0 radical (unpaired) electrons. The molecule has 0 aromatic heterocycles. The Labute approximate surface area is 141 Å². The zero-order valence-electron chi connectivity index (χ0n) is 11.6. The first-order valence-corrected chi connectivity index (χ1v) is 7.10. The predicted octanol–water partition coefficient (Wildman–Crippen LogP) is 2.79. The van der Waals surface area contributed by atoms with Crippen molar-refractivity contribution in [3.63, 3.8) is 0 Å². The summed E-state index contributed by atoms with van der Waals surface area (Å²) in [5, 5.41) is 16.4. The molecule has 8 heteroatoms. The number of carbonyl (C=O) groups excluding carboxylic acids is 2. The van der Waals surface area contributed by atoms with Crippen LogP contribution in [0, 0.1) is 0 Å². The lowest BCUT2D eigenvalue weighted by Crippen LogP contribution is -2.32. The van der Waals surface area contributed by atoms with E-state index in [-0.39, 0.29) is 5.75 Å². The van der Waals surface area contributed by atoms with Gasteiger partial charge >= 0.3 is 11.8 Å². The van der Waals surface area contributed by atoms with Crippen molar-refractivity contribution in [1.82, 2.24) is 5.43 Å². The first-order valence-electron chi connectivity index (χ1n) is 6.34. The molecule has 0 aliphatic heterocycles. The number of phenols is 1. The van der Waals surface area contributed by atoms with Crippen molar-refractivity contribution in [3.8, 4) is 5.75 Å². The van der Waals surface area contributed by atoms with Crippen LogP contribution in [-0.2, 0) is 9.59 Å². The number of rotatable bonds is 3. The van der Waals surface area contributed by atoms with Gasteiger partial charge in [-0.05, 0) is 36.4 Å². The molecule has 2 amide bonds. The van der Waals surface area contributed by atoms with Gasteiger partial charge in [-0.3, -0.25) is 9.59 Å². The molecule has 2 rings (SSSR count). The van der Waals surface area contributed by atoms with E-state index in [0.29, 0.717) is 21.3 Å². The van der Waals surface area contributed by atoms with Crippen LogP contribution < -0.4 is 10.7 Å². The Hall–Kier alpha value is -2.57. The second kappa shape index (κ2) is 7.62. The highest BCUT2D eigenvalue weighted by atomic mass is 35.5. The number of benzene rings is 2. The van der Waals surface area contributed by atoms with Gasteiger partial charge in [-0.2, -0.15) is 5.10 Å². The molecule has 0 spiro atoms. The number of aromatic hydroxyl groups is 1. The Kier molecular flexibility index (Phi) is 5.56. The van der Waals surface area contributed by atoms with Crippen LogP contribution in [0.25, 0.3) is 0 Å². The summed E-state index contributed by atoms with van der Waals surface area (Å²) in [6.07, 6.45) is 1.17. The maximum atomic E-state index is 11.7. The minimum Gasteiger partial charge on any atom is -0.507 e. The number of hydrazone groups is 1. The summed E-state index contributed by atoms with van der Waals surface area (Å²) in [5.41, 5.74) is 2.73. The molecule has 0 fully saturated rings. The fourth-order valence-corrected chi connectivity index (χ4v) is 1.96. The van der Waals surface area contributed by atoms with Gasteiger partial charge in [0, 0.05) is 21.3 Å². The molecule has 0 unspecified atom stereocenters. The van der Waals surface area contributed by atoms with E-state index in [9.17, 15) is 14.7 Å². The summed E-state index contributed by atoms with van der Waals surface area (Å²) in [6.45, 7) is 0. The summed E-state index contributed by atoms with van der Waals surface area (Å²) in [4.78, 5) is 23.3. The van der Waals surface area contributed by atoms with Gasteiger partial charge in [-0.25, -0.2) is 5.43 Å². The summed E-state index contributed by atoms with van der Waals surface area (Å²) in [7, 11) is 0. The zero-order chi connectivity index (χ0) is 16.8. The molecular weight excluding hydrogens is 341 g/mol. The number of nitrogens with zero attached hydrogens (tertiary/aromatic N) is 1. The van der Waals surface area contributed by atoms with Gasteiger partial charge in [-0.15, -0.1) is 0 Å². The smallest absolute Gasteiger partial charge is 0.329 e. The first-order chi connectivity index (χ1) is 11.0. The van der Waals surface area contributed by atoms with E-state index in [1.807, 2.05) is 5.43 Å². The first kappa shape index (κ1) is 16.8. The van der Waals surface area contributed by atoms with E-state index in [2.05, 4.69) is 10.4 Å². The van der Waals surface area contributed by atoms with Crippen LogP contribution in [0.2, 0.25) is 10.0 Å². The Balaban J connectivity index is 1.95. The third-order valence-electron chi connectivity index (χ3n) is 2.65. The topological polar surface area (TPSA) is 90.8 Å². The molecule has 23 heavy (non-hydrogen) atoms. The molecule has 0 heterocycles. The van der Waals surface area contributed by atoms with Gasteiger partial charge in [0.25, 0.3) is 0 Å². The summed E-state index contributed by atoms with van der Waals surface area (Å²) >= 11 is 11.6. The van der Waals surface area contributed by atoms with Gasteiger partial charge in [0.05, 0.1) is 6.21 Å². The van der Waals surface area contributed by atoms with Crippen molar-refractivity contribution in [2.45, 2.75) is 0 Å². The molecule has 0 saturated carbocycles. The SMILES string of the molecule is O=C(N/N=C\c1cc(Cl)ccc1O)C(=O)Nc1cccc(Cl)c1. The Bertz CT molecular complexity index is 778. The van der Waals surface area contributed by atoms with E-state index >= 15 is 0 Å². The van der Waals surface area contributed by atoms with E-state index in [1.165, 1.54) is 30.5 Å². The molecule has 0 aliphatic rings. The average Bonchev–Trinajstić information content (AvgIpc) is 2.50. The van der Waals surface area contributed by atoms with Crippen LogP contribution in [0.3, 0.4) is 0 Å². The van der Waals surface area contributed by atoms with Crippen molar-refractivity contribution < 1.29 is 14.7 Å². The van der Waals surface area contributed by atoms with Crippen molar-refractivity contribution in [3.05, 3.63) is 58.1 Å². The van der Waals surface area contributed by atoms with Crippen LogP contribution in [0.5, 0.6) is 5.75 Å². The van der Waals surface area contributed by atoms with Crippen molar-refractivity contribution in [1.29, 1.82) is 0 Å². The van der Waals surface area contributed by atoms with Crippen molar-refractivity contribution >= 4 is 46.9 Å². The number of phenolic OH excluding ortho intramolecular Hbond substituents is 1. The quantitative estimate of drug-likeness (QED) is 0.451. The lowest BCUT2D eigenvalue weighted by molar-refractivity contribution is -0.136. The van der Waals surface area contributed by atoms with Crippen LogP contribution in [-0.4, -0.2) is 23.1 Å². The molecule has 0 aliphatic carbocycles. The van der Waals surface area contributed by atoms with Crippen molar-refractivity contribution in [2.75, 3.05) is 5.32 Å². The van der Waals surface area contributed by atoms with Crippen LogP contribution in [0.15, 0.2) is 47.6 Å². The van der Waals surface area contributed by atoms with Crippen LogP contribution in [0.4, 0.5) is 5.69 Å². The number of carbonyl (C=O) groups is 2. The van der Waals surface area contributed by atoms with Crippen molar-refractivity contribution in [2.24, 2.45) is 5.10 Å². The van der Waals surface area contributed by atoms with Crippen LogP contribution >= 0.6 is 23.2 Å². The lowest BCUT2D eigenvalue weighted by Gasteiger charge is -2.04. The predicted molar refractivity (Wildman–Crippen MR) is 88.9 cm³/mol. The average molecular weight is 352 g/mol. The third-order valence-corrected chi connectivity index (χ3v) is 3.12. The van der Waals surface area contributed by atoms with Gasteiger partial charge in [0.1, 0.15) is 5.75 Å². The highest BCUT2D eigenvalue weighted by molar-refractivity contribution is 6.39. The number of hydrogen-bond donors (Lipinski definition) is 3. The summed E-state index contributed by atoms with van der Waals surface area (Å²) in [6, 6.07) is 10.7. The molecule has 6 nitrogen and oxygen atoms in total. The number of nitrogens with one attached hydrogen (secondary N) is 2. The molecule has 118 valence electrons. The van der Waals surface area contributed by atoms with Gasteiger partial charge in [-0.1, -0.05) is 29.3 Å². The zero-order valence-corrected chi connectivity index (χ0v) is 13.1. The standard InChI is InChI=1S/C15H11Cl2N3O3/c16-10-2-1-3-12(7-10)19-14(22)15(23)20-18-8-9-6-11(17)4-5-13(9)21/h1-8,21H,(H,19,22)(H,20,23)/b18-8-. The second-order valence-electron chi connectivity index (χ2n) is 4.37. The van der Waals surface area contributed by atoms with Gasteiger partial charge < -0.3 is 10.4 Å². The molecule has 0 saturated heterocycles. The second-order valence-corrected chi connectivity index (χ2v) is 5.24. The normalized spacial score (nSPS) is 10.5. The number of halogens is 2. The van der Waals surface area contributed by atoms with E-state index in [1.54, 1.807) is 18.2 Å². The molecule has 2 aromatic carbocycles. The summed E-state index contributed by atoms with van der Waals surface area (Å²) in [5.74, 6) is -1.93. The Morgan fingerprint density at radius 2 is 1.78 bits per heavy atom. The maximum Gasteiger partial charge on any atom is 0.329 e. The van der Waals surface area contributed by atoms with Gasteiger partial charge in [0.2, 0.25) is 0 Å². The van der Waals surface area contributed by atoms with E-state index in [0.717, 1.165) is 0 Å². The fraction of sp³-hybridized carbons (Fsp3) is 0. The highest BCUT2D eigenvalue weighted by Crippen LogP contribution is 2.19. The van der Waals surface area contributed by atoms with E-state index < -0.39 is 11.8 Å². The molecular formula is C15H11Cl2N3O3. The minimum absolute atomic E-state index is 0.0595. The van der Waals surface area contributed by atoms with Crippen LogP contribution in [0.1, 0.15) is 5.56 Å². The molecule has 3 N–H and O–H groups in total. The Morgan fingerprint density at radius 1 is 1.04 bits per heavy atom. The number of hydrogen-bond acceptors (Lipinski definition) is 4. The number of anilines is 1. The molecule has 2 aromatic rings. The molecule has 0 atom stereocenters. The largest absolute Gasteiger partial charge is 0.507 e. The fourth-order valence-electron chi connectivity index (χ4n) is 1.59. The summed E-state index contributed by atoms with van der Waals surface area (Å²) < 4.78 is 0. The Morgan fingerprint density at radius 3 is 2.52 bits per heavy atom. The monoisotopic (exact) mass is 351 g/mol. The number of amides is 2. The third kappa shape index (κ3) is 4.98. The lowest BCUT2D eigenvalue weighted by atomic mass is 10.2. The highest BCUT2D eigenvalue weighted by Gasteiger charge is 2.13. The molecule has 0 bridgehead atoms. The van der Waals surface area contributed by atoms with Gasteiger partial charge in [0.15, 0.2) is 0 Å². The van der Waals surface area contributed by atoms with E-state index in [4.69, 9.17) is 23.2 Å². The minimum atomic E-state index is -0.970.